The van der Waals surface area contributed by atoms with Crippen molar-refractivity contribution in [1.29, 1.82) is 0 Å². The molecule has 1 heterocycles. The van der Waals surface area contributed by atoms with E-state index in [9.17, 15) is 4.79 Å². The number of hydrogen-bond acceptors (Lipinski definition) is 2. The second-order valence-corrected chi connectivity index (χ2v) is 3.60. The van der Waals surface area contributed by atoms with Crippen LogP contribution in [0.2, 0.25) is 0 Å². The van der Waals surface area contributed by atoms with E-state index in [2.05, 4.69) is 36.1 Å². The van der Waals surface area contributed by atoms with E-state index < -0.39 is 0 Å². The number of anilines is 1. The van der Waals surface area contributed by atoms with E-state index in [0.29, 0.717) is 0 Å². The summed E-state index contributed by atoms with van der Waals surface area (Å²) in [7, 11) is 0. The molecule has 0 spiro atoms. The first-order chi connectivity index (χ1) is 6.79. The summed E-state index contributed by atoms with van der Waals surface area (Å²) in [5.41, 5.74) is 3.30. The molecule has 0 saturated carbocycles. The maximum Gasteiger partial charge on any atom is 0.147 e. The third-order valence-electron chi connectivity index (χ3n) is 2.48. The molecule has 1 aromatic carbocycles. The van der Waals surface area contributed by atoms with Crippen molar-refractivity contribution in [1.82, 2.24) is 0 Å². The summed E-state index contributed by atoms with van der Waals surface area (Å²) in [5, 5.41) is 0. The van der Waals surface area contributed by atoms with E-state index in [1.54, 1.807) is 0 Å². The van der Waals surface area contributed by atoms with Gasteiger partial charge in [0.15, 0.2) is 0 Å². The zero-order chi connectivity index (χ0) is 9.97. The minimum absolute atomic E-state index is 0.859. The quantitative estimate of drug-likeness (QED) is 0.662. The number of rotatable bonds is 2. The van der Waals surface area contributed by atoms with E-state index in [1.165, 1.54) is 5.56 Å². The standard InChI is InChI=1S/C12H13NO/c1-10-2-4-12(5-3-10)13-7-6-11(8-13)9-14/h2-5,8-9H,6-7H2,1H3. The molecule has 1 aliphatic rings. The van der Waals surface area contributed by atoms with Gasteiger partial charge in [-0.05, 0) is 25.5 Å². The monoisotopic (exact) mass is 187 g/mol. The molecule has 0 aromatic heterocycles. The van der Waals surface area contributed by atoms with Crippen LogP contribution in [0.25, 0.3) is 0 Å². The molecule has 72 valence electrons. The summed E-state index contributed by atoms with van der Waals surface area (Å²) in [6, 6.07) is 8.34. The fraction of sp³-hybridized carbons (Fsp3) is 0.250. The van der Waals surface area contributed by atoms with Crippen LogP contribution in [0.1, 0.15) is 12.0 Å². The molecule has 2 rings (SSSR count). The van der Waals surface area contributed by atoms with Crippen molar-refractivity contribution >= 4 is 12.0 Å². The first kappa shape index (κ1) is 9.00. The molecule has 0 amide bonds. The first-order valence-electron chi connectivity index (χ1n) is 4.79. The van der Waals surface area contributed by atoms with Crippen molar-refractivity contribution in [2.75, 3.05) is 11.4 Å². The Morgan fingerprint density at radius 1 is 1.29 bits per heavy atom. The van der Waals surface area contributed by atoms with Crippen molar-refractivity contribution in [2.24, 2.45) is 0 Å². The van der Waals surface area contributed by atoms with Crippen molar-refractivity contribution in [3.05, 3.63) is 41.6 Å². The molecule has 0 aliphatic carbocycles. The van der Waals surface area contributed by atoms with Crippen LogP contribution in [-0.4, -0.2) is 12.8 Å². The average molecular weight is 187 g/mol. The number of nitrogens with zero attached hydrogens (tertiary/aromatic N) is 1. The maximum atomic E-state index is 10.5. The van der Waals surface area contributed by atoms with Crippen LogP contribution >= 0.6 is 0 Å². The van der Waals surface area contributed by atoms with E-state index in [4.69, 9.17) is 0 Å². The highest BCUT2D eigenvalue weighted by molar-refractivity contribution is 5.76. The maximum absolute atomic E-state index is 10.5. The van der Waals surface area contributed by atoms with Crippen molar-refractivity contribution in [3.8, 4) is 0 Å². The predicted octanol–water partition coefficient (Wildman–Crippen LogP) is 2.29. The van der Waals surface area contributed by atoms with E-state index in [0.717, 1.165) is 30.5 Å². The molecule has 14 heavy (non-hydrogen) atoms. The lowest BCUT2D eigenvalue weighted by molar-refractivity contribution is -0.105. The number of hydrogen-bond donors (Lipinski definition) is 0. The highest BCUT2D eigenvalue weighted by Crippen LogP contribution is 2.21. The van der Waals surface area contributed by atoms with E-state index in [-0.39, 0.29) is 0 Å². The van der Waals surface area contributed by atoms with Crippen LogP contribution in [0.3, 0.4) is 0 Å². The van der Waals surface area contributed by atoms with Gasteiger partial charge in [-0.25, -0.2) is 0 Å². The molecule has 0 atom stereocenters. The number of carbonyl (C=O) groups is 1. The molecule has 0 N–H and O–H groups in total. The van der Waals surface area contributed by atoms with Crippen molar-refractivity contribution in [3.63, 3.8) is 0 Å². The van der Waals surface area contributed by atoms with Gasteiger partial charge < -0.3 is 4.90 Å². The van der Waals surface area contributed by atoms with Crippen molar-refractivity contribution < 1.29 is 4.79 Å². The van der Waals surface area contributed by atoms with Gasteiger partial charge in [-0.15, -0.1) is 0 Å². The molecule has 0 fully saturated rings. The zero-order valence-corrected chi connectivity index (χ0v) is 8.23. The Morgan fingerprint density at radius 3 is 2.57 bits per heavy atom. The molecule has 2 nitrogen and oxygen atoms in total. The SMILES string of the molecule is Cc1ccc(N2C=C(C=O)CC2)cc1. The lowest BCUT2D eigenvalue weighted by Crippen LogP contribution is -2.11. The zero-order valence-electron chi connectivity index (χ0n) is 8.23. The van der Waals surface area contributed by atoms with Gasteiger partial charge in [0.05, 0.1) is 0 Å². The Kier molecular flexibility index (Phi) is 2.35. The highest BCUT2D eigenvalue weighted by atomic mass is 16.1. The van der Waals surface area contributed by atoms with Crippen LogP contribution in [0, 0.1) is 6.92 Å². The number of benzene rings is 1. The molecule has 0 saturated heterocycles. The smallest absolute Gasteiger partial charge is 0.147 e. The molecule has 1 aliphatic heterocycles. The molecular formula is C12H13NO. The average Bonchev–Trinajstić information content (AvgIpc) is 2.67. The number of carbonyl (C=O) groups excluding carboxylic acids is 1. The molecule has 0 unspecified atom stereocenters. The molecule has 1 aromatic rings. The van der Waals surface area contributed by atoms with Gasteiger partial charge in [-0.1, -0.05) is 17.7 Å². The lowest BCUT2D eigenvalue weighted by Gasteiger charge is -2.14. The van der Waals surface area contributed by atoms with Crippen molar-refractivity contribution in [2.45, 2.75) is 13.3 Å². The summed E-state index contributed by atoms with van der Waals surface area (Å²) in [6.07, 6.45) is 3.73. The molecule has 2 heteroatoms. The van der Waals surface area contributed by atoms with Gasteiger partial charge in [0.25, 0.3) is 0 Å². The Balaban J connectivity index is 2.21. The minimum Gasteiger partial charge on any atom is -0.347 e. The van der Waals surface area contributed by atoms with Gasteiger partial charge in [-0.2, -0.15) is 0 Å². The van der Waals surface area contributed by atoms with Gasteiger partial charge in [0, 0.05) is 24.0 Å². The fourth-order valence-corrected chi connectivity index (χ4v) is 1.61. The Hall–Kier alpha value is -1.57. The van der Waals surface area contributed by atoms with E-state index in [1.807, 2.05) is 6.20 Å². The topological polar surface area (TPSA) is 20.3 Å². The summed E-state index contributed by atoms with van der Waals surface area (Å²) < 4.78 is 0. The molecule has 0 radical (unpaired) electrons. The second kappa shape index (κ2) is 3.66. The van der Waals surface area contributed by atoms with Crippen LogP contribution in [-0.2, 0) is 4.79 Å². The second-order valence-electron chi connectivity index (χ2n) is 3.60. The number of aryl methyl sites for hydroxylation is 1. The minimum atomic E-state index is 0.859. The summed E-state index contributed by atoms with van der Waals surface area (Å²) in [5.74, 6) is 0. The molecule has 0 bridgehead atoms. The third-order valence-corrected chi connectivity index (χ3v) is 2.48. The molecular weight excluding hydrogens is 174 g/mol. The van der Waals surface area contributed by atoms with Crippen LogP contribution in [0.15, 0.2) is 36.0 Å². The predicted molar refractivity (Wildman–Crippen MR) is 57.3 cm³/mol. The van der Waals surface area contributed by atoms with Gasteiger partial charge in [0.2, 0.25) is 0 Å². The third kappa shape index (κ3) is 1.69. The van der Waals surface area contributed by atoms with Crippen LogP contribution < -0.4 is 4.90 Å². The highest BCUT2D eigenvalue weighted by Gasteiger charge is 2.12. The van der Waals surface area contributed by atoms with Gasteiger partial charge in [-0.3, -0.25) is 4.79 Å². The Bertz CT molecular complexity index is 364. The lowest BCUT2D eigenvalue weighted by atomic mass is 10.2. The Labute approximate surface area is 83.8 Å². The largest absolute Gasteiger partial charge is 0.347 e. The Morgan fingerprint density at radius 2 is 2.00 bits per heavy atom. The fourth-order valence-electron chi connectivity index (χ4n) is 1.61. The van der Waals surface area contributed by atoms with Crippen LogP contribution in [0.5, 0.6) is 0 Å². The normalized spacial score (nSPS) is 15.5. The van der Waals surface area contributed by atoms with Gasteiger partial charge in [0.1, 0.15) is 6.29 Å². The van der Waals surface area contributed by atoms with Crippen LogP contribution in [0.4, 0.5) is 5.69 Å². The summed E-state index contributed by atoms with van der Waals surface area (Å²) >= 11 is 0. The number of aldehydes is 1. The summed E-state index contributed by atoms with van der Waals surface area (Å²) in [4.78, 5) is 12.7. The summed E-state index contributed by atoms with van der Waals surface area (Å²) in [6.45, 7) is 2.98. The first-order valence-corrected chi connectivity index (χ1v) is 4.79. The van der Waals surface area contributed by atoms with Gasteiger partial charge >= 0.3 is 0 Å². The van der Waals surface area contributed by atoms with E-state index >= 15 is 0 Å².